The smallest absolute Gasteiger partial charge is 0.254 e. The van der Waals surface area contributed by atoms with Gasteiger partial charge < -0.3 is 20.8 Å². The number of carbonyl (C=O) groups excluding carboxylic acids is 1. The predicted molar refractivity (Wildman–Crippen MR) is 62.9 cm³/mol. The Morgan fingerprint density at radius 1 is 1.18 bits per heavy atom. The Morgan fingerprint density at radius 3 is 2.24 bits per heavy atom. The summed E-state index contributed by atoms with van der Waals surface area (Å²) in [5.41, 5.74) is 6.07. The Kier molecular flexibility index (Phi) is 3.19. The van der Waals surface area contributed by atoms with E-state index in [4.69, 9.17) is 5.73 Å². The number of aromatic hydroxyl groups is 2. The number of amides is 1. The topological polar surface area (TPSA) is 86.8 Å². The summed E-state index contributed by atoms with van der Waals surface area (Å²) >= 11 is 0. The summed E-state index contributed by atoms with van der Waals surface area (Å²) in [5.74, 6) is -0.396. The Balaban J connectivity index is 2.14. The van der Waals surface area contributed by atoms with Crippen LogP contribution < -0.4 is 5.73 Å². The number of phenols is 2. The van der Waals surface area contributed by atoms with E-state index in [-0.39, 0.29) is 23.4 Å². The van der Waals surface area contributed by atoms with Crippen molar-refractivity contribution < 1.29 is 15.0 Å². The van der Waals surface area contributed by atoms with Gasteiger partial charge in [-0.2, -0.15) is 0 Å². The zero-order valence-electron chi connectivity index (χ0n) is 9.47. The van der Waals surface area contributed by atoms with E-state index in [0.717, 1.165) is 12.8 Å². The van der Waals surface area contributed by atoms with Gasteiger partial charge in [0.1, 0.15) is 11.5 Å². The van der Waals surface area contributed by atoms with Gasteiger partial charge in [-0.15, -0.1) is 0 Å². The van der Waals surface area contributed by atoms with Crippen LogP contribution in [0.2, 0.25) is 0 Å². The van der Waals surface area contributed by atoms with E-state index in [1.807, 2.05) is 0 Å². The number of likely N-dealkylation sites (tertiary alicyclic amines) is 1. The van der Waals surface area contributed by atoms with Gasteiger partial charge in [-0.1, -0.05) is 0 Å². The third kappa shape index (κ3) is 2.68. The highest BCUT2D eigenvalue weighted by Crippen LogP contribution is 2.22. The van der Waals surface area contributed by atoms with E-state index in [1.165, 1.54) is 18.2 Å². The van der Waals surface area contributed by atoms with Crippen molar-refractivity contribution in [3.63, 3.8) is 0 Å². The Bertz CT molecular complexity index is 406. The van der Waals surface area contributed by atoms with Crippen LogP contribution in [0.25, 0.3) is 0 Å². The highest BCUT2D eigenvalue weighted by Gasteiger charge is 2.22. The number of nitrogens with two attached hydrogens (primary N) is 1. The van der Waals surface area contributed by atoms with Gasteiger partial charge in [0.15, 0.2) is 0 Å². The minimum absolute atomic E-state index is 0.109. The van der Waals surface area contributed by atoms with Crippen molar-refractivity contribution in [3.8, 4) is 11.5 Å². The van der Waals surface area contributed by atoms with Crippen LogP contribution in [-0.4, -0.2) is 40.2 Å². The minimum Gasteiger partial charge on any atom is -0.508 e. The second kappa shape index (κ2) is 4.63. The van der Waals surface area contributed by atoms with Crippen molar-refractivity contribution in [2.75, 3.05) is 13.1 Å². The number of piperidine rings is 1. The maximum atomic E-state index is 12.1. The Hall–Kier alpha value is -1.75. The third-order valence-electron chi connectivity index (χ3n) is 2.98. The molecule has 4 N–H and O–H groups in total. The quantitative estimate of drug-likeness (QED) is 0.668. The van der Waals surface area contributed by atoms with Gasteiger partial charge in [0.25, 0.3) is 5.91 Å². The van der Waals surface area contributed by atoms with Crippen LogP contribution in [0.15, 0.2) is 18.2 Å². The number of rotatable bonds is 1. The molecule has 0 radical (unpaired) electrons. The SMILES string of the molecule is NC1CCN(C(=O)c2cc(O)cc(O)c2)CC1. The standard InChI is InChI=1S/C12H16N2O3/c13-9-1-3-14(4-2-9)12(17)8-5-10(15)7-11(16)6-8/h5-7,9,15-16H,1-4,13H2. The van der Waals surface area contributed by atoms with Crippen molar-refractivity contribution in [1.82, 2.24) is 4.90 Å². The summed E-state index contributed by atoms with van der Waals surface area (Å²) in [7, 11) is 0. The number of benzene rings is 1. The first-order valence-electron chi connectivity index (χ1n) is 5.64. The van der Waals surface area contributed by atoms with Gasteiger partial charge in [-0.3, -0.25) is 4.79 Å². The molecule has 1 aliphatic heterocycles. The molecule has 1 amide bonds. The highest BCUT2D eigenvalue weighted by molar-refractivity contribution is 5.95. The van der Waals surface area contributed by atoms with Crippen LogP contribution in [-0.2, 0) is 0 Å². The van der Waals surface area contributed by atoms with E-state index in [2.05, 4.69) is 0 Å². The van der Waals surface area contributed by atoms with Gasteiger partial charge >= 0.3 is 0 Å². The van der Waals surface area contributed by atoms with Crippen LogP contribution in [0.3, 0.4) is 0 Å². The summed E-state index contributed by atoms with van der Waals surface area (Å²) < 4.78 is 0. The molecule has 1 saturated heterocycles. The van der Waals surface area contributed by atoms with E-state index >= 15 is 0 Å². The fourth-order valence-corrected chi connectivity index (χ4v) is 2.00. The summed E-state index contributed by atoms with van der Waals surface area (Å²) in [6.07, 6.45) is 1.58. The molecule has 0 aromatic heterocycles. The molecule has 1 heterocycles. The lowest BCUT2D eigenvalue weighted by Gasteiger charge is -2.30. The Morgan fingerprint density at radius 2 is 1.71 bits per heavy atom. The molecule has 1 fully saturated rings. The van der Waals surface area contributed by atoms with Gasteiger partial charge in [0.05, 0.1) is 0 Å². The molecular formula is C12H16N2O3. The molecule has 92 valence electrons. The average molecular weight is 236 g/mol. The zero-order chi connectivity index (χ0) is 12.4. The van der Waals surface area contributed by atoms with Crippen LogP contribution >= 0.6 is 0 Å². The second-order valence-electron chi connectivity index (χ2n) is 4.37. The van der Waals surface area contributed by atoms with Crippen molar-refractivity contribution in [3.05, 3.63) is 23.8 Å². The predicted octanol–water partition coefficient (Wildman–Crippen LogP) is 0.661. The molecule has 1 aliphatic rings. The molecule has 1 aromatic carbocycles. The molecule has 0 spiro atoms. The van der Waals surface area contributed by atoms with Crippen molar-refractivity contribution in [2.45, 2.75) is 18.9 Å². The van der Waals surface area contributed by atoms with Crippen LogP contribution in [0, 0.1) is 0 Å². The lowest BCUT2D eigenvalue weighted by molar-refractivity contribution is 0.0714. The number of hydrogen-bond donors (Lipinski definition) is 3. The molecule has 0 aliphatic carbocycles. The fraction of sp³-hybridized carbons (Fsp3) is 0.417. The number of carbonyl (C=O) groups is 1. The zero-order valence-corrected chi connectivity index (χ0v) is 9.47. The summed E-state index contributed by atoms with van der Waals surface area (Å²) in [5, 5.41) is 18.7. The van der Waals surface area contributed by atoms with Crippen LogP contribution in [0.5, 0.6) is 11.5 Å². The lowest BCUT2D eigenvalue weighted by Crippen LogP contribution is -2.42. The van der Waals surface area contributed by atoms with E-state index in [9.17, 15) is 15.0 Å². The molecule has 0 saturated carbocycles. The van der Waals surface area contributed by atoms with Gasteiger partial charge in [0, 0.05) is 30.8 Å². The largest absolute Gasteiger partial charge is 0.508 e. The summed E-state index contributed by atoms with van der Waals surface area (Å²) in [6, 6.07) is 4.08. The van der Waals surface area contributed by atoms with E-state index < -0.39 is 0 Å². The minimum atomic E-state index is -0.178. The first kappa shape index (κ1) is 11.7. The Labute approximate surface area is 99.5 Å². The summed E-state index contributed by atoms with van der Waals surface area (Å²) in [6.45, 7) is 1.24. The number of nitrogens with zero attached hydrogens (tertiary/aromatic N) is 1. The second-order valence-corrected chi connectivity index (χ2v) is 4.37. The van der Waals surface area contributed by atoms with Gasteiger partial charge in [0.2, 0.25) is 0 Å². The fourth-order valence-electron chi connectivity index (χ4n) is 2.00. The molecular weight excluding hydrogens is 220 g/mol. The third-order valence-corrected chi connectivity index (χ3v) is 2.98. The van der Waals surface area contributed by atoms with Crippen molar-refractivity contribution in [1.29, 1.82) is 0 Å². The lowest BCUT2D eigenvalue weighted by atomic mass is 10.0. The molecule has 2 rings (SSSR count). The molecule has 17 heavy (non-hydrogen) atoms. The molecule has 5 heteroatoms. The maximum Gasteiger partial charge on any atom is 0.254 e. The van der Waals surface area contributed by atoms with Gasteiger partial charge in [-0.25, -0.2) is 0 Å². The van der Waals surface area contributed by atoms with Crippen molar-refractivity contribution in [2.24, 2.45) is 5.73 Å². The molecule has 0 bridgehead atoms. The maximum absolute atomic E-state index is 12.1. The van der Waals surface area contributed by atoms with Gasteiger partial charge in [-0.05, 0) is 25.0 Å². The van der Waals surface area contributed by atoms with E-state index in [1.54, 1.807) is 4.90 Å². The van der Waals surface area contributed by atoms with Crippen LogP contribution in [0.4, 0.5) is 0 Å². The first-order valence-corrected chi connectivity index (χ1v) is 5.64. The molecule has 0 atom stereocenters. The van der Waals surface area contributed by atoms with E-state index in [0.29, 0.717) is 18.7 Å². The van der Waals surface area contributed by atoms with Crippen molar-refractivity contribution >= 4 is 5.91 Å². The molecule has 0 unspecified atom stereocenters. The monoisotopic (exact) mass is 236 g/mol. The van der Waals surface area contributed by atoms with Crippen LogP contribution in [0.1, 0.15) is 23.2 Å². The highest BCUT2D eigenvalue weighted by atomic mass is 16.3. The first-order chi connectivity index (χ1) is 8.06. The number of phenolic OH excluding ortho intramolecular Hbond substituents is 2. The molecule has 5 nitrogen and oxygen atoms in total. The number of hydrogen-bond acceptors (Lipinski definition) is 4. The normalized spacial score (nSPS) is 17.1. The molecule has 1 aromatic rings. The summed E-state index contributed by atoms with van der Waals surface area (Å²) in [4.78, 5) is 13.8. The average Bonchev–Trinajstić information content (AvgIpc) is 2.28.